The number of rotatable bonds is 8. The minimum Gasteiger partial charge on any atom is -0.456 e. The van der Waals surface area contributed by atoms with Crippen LogP contribution in [0.25, 0.3) is 66.4 Å². The monoisotopic (exact) mass is 761 g/mol. The van der Waals surface area contributed by atoms with Gasteiger partial charge in [0.25, 0.3) is 0 Å². The van der Waals surface area contributed by atoms with E-state index in [2.05, 4.69) is 193 Å². The maximum absolute atomic E-state index is 6.37. The topological polar surface area (TPSA) is 16.4 Å². The van der Waals surface area contributed by atoms with Gasteiger partial charge in [-0.05, 0) is 124 Å². The van der Waals surface area contributed by atoms with Gasteiger partial charge in [0.05, 0.1) is 11.4 Å². The van der Waals surface area contributed by atoms with Crippen molar-refractivity contribution in [1.82, 2.24) is 0 Å². The van der Waals surface area contributed by atoms with Crippen molar-refractivity contribution in [2.24, 2.45) is 5.92 Å². The Balaban J connectivity index is 1.12. The van der Waals surface area contributed by atoms with Crippen LogP contribution in [0.15, 0.2) is 199 Å². The van der Waals surface area contributed by atoms with Crippen molar-refractivity contribution < 1.29 is 4.42 Å². The molecule has 59 heavy (non-hydrogen) atoms. The molecule has 2 heteroatoms. The van der Waals surface area contributed by atoms with Gasteiger partial charge in [0.1, 0.15) is 11.2 Å². The largest absolute Gasteiger partial charge is 0.456 e. The number of fused-ring (bicyclic) bond motifs is 4. The Bertz CT molecular complexity index is 2910. The summed E-state index contributed by atoms with van der Waals surface area (Å²) >= 11 is 0. The third kappa shape index (κ3) is 6.35. The Morgan fingerprint density at radius 3 is 1.59 bits per heavy atom. The molecule has 0 saturated heterocycles. The van der Waals surface area contributed by atoms with Crippen molar-refractivity contribution in [1.29, 1.82) is 0 Å². The van der Waals surface area contributed by atoms with E-state index in [1.54, 1.807) is 5.56 Å². The van der Waals surface area contributed by atoms with E-state index >= 15 is 0 Å². The minimum atomic E-state index is 0.379. The average molecular weight is 762 g/mol. The minimum absolute atomic E-state index is 0.379. The van der Waals surface area contributed by atoms with E-state index < -0.39 is 0 Å². The molecule has 8 aromatic carbocycles. The van der Waals surface area contributed by atoms with Crippen LogP contribution in [0.3, 0.4) is 0 Å². The van der Waals surface area contributed by atoms with Gasteiger partial charge in [-0.1, -0.05) is 165 Å². The summed E-state index contributed by atoms with van der Waals surface area (Å²) in [6.45, 7) is 0. The number of para-hydroxylation sites is 1. The van der Waals surface area contributed by atoms with Crippen LogP contribution in [0.5, 0.6) is 0 Å². The lowest BCUT2D eigenvalue weighted by Crippen LogP contribution is -2.33. The van der Waals surface area contributed by atoms with Gasteiger partial charge in [-0.2, -0.15) is 0 Å². The molecule has 1 heterocycles. The zero-order chi connectivity index (χ0) is 39.2. The third-order valence-electron chi connectivity index (χ3n) is 13.5. The smallest absolute Gasteiger partial charge is 0.135 e. The molecule has 0 radical (unpaired) electrons. The van der Waals surface area contributed by atoms with Crippen LogP contribution >= 0.6 is 0 Å². The summed E-state index contributed by atoms with van der Waals surface area (Å²) in [5.74, 6) is 0.846. The van der Waals surface area contributed by atoms with Crippen LogP contribution in [-0.4, -0.2) is 0 Å². The van der Waals surface area contributed by atoms with Crippen molar-refractivity contribution in [3.8, 4) is 44.5 Å². The molecule has 0 aliphatic heterocycles. The van der Waals surface area contributed by atoms with E-state index in [-0.39, 0.29) is 0 Å². The van der Waals surface area contributed by atoms with Gasteiger partial charge in [-0.25, -0.2) is 0 Å². The molecule has 286 valence electrons. The number of anilines is 3. The number of hydrogen-bond donors (Lipinski definition) is 0. The summed E-state index contributed by atoms with van der Waals surface area (Å²) in [5.41, 5.74) is 16.6. The summed E-state index contributed by atoms with van der Waals surface area (Å²) in [7, 11) is 0. The molecule has 0 spiro atoms. The van der Waals surface area contributed by atoms with Crippen LogP contribution < -0.4 is 4.90 Å². The molecule has 0 N–H and O–H groups in total. The molecule has 2 unspecified atom stereocenters. The zero-order valence-corrected chi connectivity index (χ0v) is 33.4. The molecule has 2 nitrogen and oxygen atoms in total. The number of nitrogens with zero attached hydrogens (tertiary/aromatic N) is 1. The molecule has 2 saturated carbocycles. The average Bonchev–Trinajstić information content (AvgIpc) is 3.93. The highest BCUT2D eigenvalue weighted by Gasteiger charge is 2.45. The highest BCUT2D eigenvalue weighted by atomic mass is 16.3. The lowest BCUT2D eigenvalue weighted by Gasteiger charge is -2.40. The van der Waals surface area contributed by atoms with E-state index in [1.807, 2.05) is 6.07 Å². The molecule has 2 atom stereocenters. The highest BCUT2D eigenvalue weighted by Crippen LogP contribution is 2.54. The van der Waals surface area contributed by atoms with Gasteiger partial charge in [-0.3, -0.25) is 0 Å². The van der Waals surface area contributed by atoms with Gasteiger partial charge < -0.3 is 9.32 Å². The summed E-state index contributed by atoms with van der Waals surface area (Å²) in [4.78, 5) is 2.47. The zero-order valence-electron chi connectivity index (χ0n) is 33.4. The second kappa shape index (κ2) is 14.9. The molecule has 0 amide bonds. The Hall–Kier alpha value is -6.64. The number of benzene rings is 8. The van der Waals surface area contributed by atoms with Crippen molar-refractivity contribution in [3.63, 3.8) is 0 Å². The Labute approximate surface area is 347 Å². The maximum atomic E-state index is 6.37. The summed E-state index contributed by atoms with van der Waals surface area (Å²) < 4.78 is 6.37. The normalized spacial score (nSPS) is 17.6. The van der Waals surface area contributed by atoms with Crippen molar-refractivity contribution in [3.05, 3.63) is 200 Å². The molecule has 11 rings (SSSR count). The molecule has 9 aromatic rings. The van der Waals surface area contributed by atoms with Gasteiger partial charge in [0.2, 0.25) is 0 Å². The first-order chi connectivity index (χ1) is 29.2. The number of furan rings is 1. The lowest BCUT2D eigenvalue weighted by atomic mass is 9.64. The predicted molar refractivity (Wildman–Crippen MR) is 248 cm³/mol. The fourth-order valence-electron chi connectivity index (χ4n) is 10.7. The summed E-state index contributed by atoms with van der Waals surface area (Å²) in [6, 6.07) is 71.2. The van der Waals surface area contributed by atoms with E-state index in [0.29, 0.717) is 5.41 Å². The fraction of sp³-hybridized carbons (Fsp3) is 0.158. The molecule has 2 aliphatic carbocycles. The standard InChI is InChI=1S/C57H47NO/c1-4-15-40(16-5-1)44-27-32-53(50(37-44)42-17-6-2-7-18-42)58(48-31-34-56-52(39-48)49-23-10-11-24-55(49)59-56)54-33-28-45(38-51(54)43-19-8-3-9-20-43)41-25-29-47(30-26-41)57-35-13-12-21-46(57)22-14-36-57/h1-11,15-20,23-34,37-39,46H,12-14,21-22,35-36H2. The van der Waals surface area contributed by atoms with Crippen LogP contribution in [0.4, 0.5) is 17.1 Å². The summed E-state index contributed by atoms with van der Waals surface area (Å²) in [6.07, 6.45) is 9.61. The van der Waals surface area contributed by atoms with Crippen molar-refractivity contribution in [2.75, 3.05) is 4.90 Å². The Morgan fingerprint density at radius 1 is 0.407 bits per heavy atom. The van der Waals surface area contributed by atoms with E-state index in [9.17, 15) is 0 Å². The molecular weight excluding hydrogens is 715 g/mol. The number of hydrogen-bond acceptors (Lipinski definition) is 2. The maximum Gasteiger partial charge on any atom is 0.135 e. The molecular formula is C57H47NO. The van der Waals surface area contributed by atoms with Gasteiger partial charge in [0.15, 0.2) is 0 Å². The van der Waals surface area contributed by atoms with Gasteiger partial charge in [-0.15, -0.1) is 0 Å². The Morgan fingerprint density at radius 2 is 0.932 bits per heavy atom. The first-order valence-electron chi connectivity index (χ1n) is 21.5. The first-order valence-corrected chi connectivity index (χ1v) is 21.5. The van der Waals surface area contributed by atoms with Crippen LogP contribution in [-0.2, 0) is 5.41 Å². The van der Waals surface area contributed by atoms with Gasteiger partial charge in [0, 0.05) is 27.6 Å². The van der Waals surface area contributed by atoms with Crippen LogP contribution in [0, 0.1) is 5.92 Å². The SMILES string of the molecule is c1ccc(-c2ccc(N(c3ccc4oc5ccccc5c4c3)c3ccc(-c4ccc(C56CCCCC5CCC6)cc4)cc3-c3ccccc3)c(-c3ccccc3)c2)cc1. The molecule has 2 fully saturated rings. The van der Waals surface area contributed by atoms with Crippen molar-refractivity contribution >= 4 is 39.0 Å². The van der Waals surface area contributed by atoms with Crippen LogP contribution in [0.1, 0.15) is 50.5 Å². The fourth-order valence-corrected chi connectivity index (χ4v) is 10.7. The summed E-state index contributed by atoms with van der Waals surface area (Å²) in [5, 5.41) is 2.22. The quantitative estimate of drug-likeness (QED) is 0.153. The van der Waals surface area contributed by atoms with E-state index in [0.717, 1.165) is 50.5 Å². The lowest BCUT2D eigenvalue weighted by molar-refractivity contribution is 0.221. The third-order valence-corrected chi connectivity index (χ3v) is 13.5. The molecule has 1 aromatic heterocycles. The predicted octanol–water partition coefficient (Wildman–Crippen LogP) is 16.3. The van der Waals surface area contributed by atoms with E-state index in [1.165, 1.54) is 83.9 Å². The molecule has 2 aliphatic rings. The van der Waals surface area contributed by atoms with Crippen LogP contribution in [0.2, 0.25) is 0 Å². The van der Waals surface area contributed by atoms with Crippen molar-refractivity contribution in [2.45, 2.75) is 50.4 Å². The van der Waals surface area contributed by atoms with E-state index in [4.69, 9.17) is 4.42 Å². The molecule has 0 bridgehead atoms. The Kier molecular flexibility index (Phi) is 9.00. The second-order valence-electron chi connectivity index (χ2n) is 16.7. The van der Waals surface area contributed by atoms with Gasteiger partial charge >= 0.3 is 0 Å². The first kappa shape index (κ1) is 35.5. The second-order valence-corrected chi connectivity index (χ2v) is 16.7. The highest BCUT2D eigenvalue weighted by molar-refractivity contribution is 6.07.